The maximum absolute atomic E-state index is 9.55. The molecule has 0 radical (unpaired) electrons. The van der Waals surface area contributed by atoms with Crippen molar-refractivity contribution in [2.45, 2.75) is 25.4 Å². The Morgan fingerprint density at radius 3 is 2.85 bits per heavy atom. The average Bonchev–Trinajstić information content (AvgIpc) is 2.86. The van der Waals surface area contributed by atoms with Gasteiger partial charge in [-0.3, -0.25) is 0 Å². The van der Waals surface area contributed by atoms with Gasteiger partial charge in [0.2, 0.25) is 0 Å². The number of rotatable bonds is 3. The summed E-state index contributed by atoms with van der Waals surface area (Å²) in [6.07, 6.45) is 2.55. The molecule has 0 saturated heterocycles. The first kappa shape index (κ1) is 9.03. The van der Waals surface area contributed by atoms with Gasteiger partial charge in [0.25, 0.3) is 0 Å². The highest BCUT2D eigenvalue weighted by atomic mass is 79.9. The fourth-order valence-corrected chi connectivity index (χ4v) is 1.58. The standard InChI is InChI=1S/C10H12BrNO/c11-8-2-1-7(10(13)5-8)6-12-9-3-4-9/h1-2,5,9,12-13H,3-4,6H2. The van der Waals surface area contributed by atoms with Gasteiger partial charge in [0.05, 0.1) is 0 Å². The smallest absolute Gasteiger partial charge is 0.121 e. The largest absolute Gasteiger partial charge is 0.508 e. The van der Waals surface area contributed by atoms with Gasteiger partial charge in [0.15, 0.2) is 0 Å². The Morgan fingerprint density at radius 2 is 2.23 bits per heavy atom. The van der Waals surface area contributed by atoms with Crippen LogP contribution in [0, 0.1) is 0 Å². The van der Waals surface area contributed by atoms with E-state index in [-0.39, 0.29) is 0 Å². The molecule has 1 aromatic rings. The van der Waals surface area contributed by atoms with Gasteiger partial charge in [-0.05, 0) is 25.0 Å². The quantitative estimate of drug-likeness (QED) is 0.853. The van der Waals surface area contributed by atoms with Crippen molar-refractivity contribution in [1.82, 2.24) is 5.32 Å². The van der Waals surface area contributed by atoms with Crippen molar-refractivity contribution >= 4 is 15.9 Å². The fraction of sp³-hybridized carbons (Fsp3) is 0.400. The third-order valence-electron chi connectivity index (χ3n) is 2.21. The molecular weight excluding hydrogens is 230 g/mol. The summed E-state index contributed by atoms with van der Waals surface area (Å²) >= 11 is 3.31. The van der Waals surface area contributed by atoms with Gasteiger partial charge in [-0.25, -0.2) is 0 Å². The van der Waals surface area contributed by atoms with Crippen molar-refractivity contribution in [2.75, 3.05) is 0 Å². The molecule has 0 atom stereocenters. The molecule has 0 heterocycles. The minimum absolute atomic E-state index is 0.363. The molecule has 2 N–H and O–H groups in total. The van der Waals surface area contributed by atoms with E-state index in [0.717, 1.165) is 16.6 Å². The number of benzene rings is 1. The molecule has 13 heavy (non-hydrogen) atoms. The third kappa shape index (κ3) is 2.45. The molecule has 70 valence electrons. The zero-order valence-corrected chi connectivity index (χ0v) is 8.84. The average molecular weight is 242 g/mol. The number of hydrogen-bond donors (Lipinski definition) is 2. The lowest BCUT2D eigenvalue weighted by molar-refractivity contribution is 0.464. The first-order chi connectivity index (χ1) is 6.25. The topological polar surface area (TPSA) is 32.3 Å². The molecule has 2 rings (SSSR count). The molecule has 0 aliphatic heterocycles. The second kappa shape index (κ2) is 3.68. The molecule has 1 aliphatic rings. The van der Waals surface area contributed by atoms with Crippen LogP contribution >= 0.6 is 15.9 Å². The Balaban J connectivity index is 2.01. The summed E-state index contributed by atoms with van der Waals surface area (Å²) in [5.74, 6) is 0.363. The van der Waals surface area contributed by atoms with Crippen molar-refractivity contribution in [3.05, 3.63) is 28.2 Å². The third-order valence-corrected chi connectivity index (χ3v) is 2.70. The van der Waals surface area contributed by atoms with E-state index in [1.807, 2.05) is 12.1 Å². The lowest BCUT2D eigenvalue weighted by Gasteiger charge is -2.05. The number of hydrogen-bond acceptors (Lipinski definition) is 2. The maximum atomic E-state index is 9.55. The van der Waals surface area contributed by atoms with Gasteiger partial charge in [-0.15, -0.1) is 0 Å². The van der Waals surface area contributed by atoms with Crippen LogP contribution in [0.2, 0.25) is 0 Å². The van der Waals surface area contributed by atoms with E-state index in [1.165, 1.54) is 12.8 Å². The summed E-state index contributed by atoms with van der Waals surface area (Å²) in [6, 6.07) is 6.30. The molecule has 0 unspecified atom stereocenters. The second-order valence-electron chi connectivity index (χ2n) is 3.43. The highest BCUT2D eigenvalue weighted by Gasteiger charge is 2.20. The minimum atomic E-state index is 0.363. The number of nitrogens with one attached hydrogen (secondary N) is 1. The van der Waals surface area contributed by atoms with Crippen molar-refractivity contribution < 1.29 is 5.11 Å². The summed E-state index contributed by atoms with van der Waals surface area (Å²) in [4.78, 5) is 0. The molecule has 1 aliphatic carbocycles. The zero-order chi connectivity index (χ0) is 9.26. The summed E-state index contributed by atoms with van der Waals surface area (Å²) in [6.45, 7) is 0.768. The predicted molar refractivity (Wildman–Crippen MR) is 55.7 cm³/mol. The SMILES string of the molecule is Oc1cc(Br)ccc1CNC1CC1. The summed E-state index contributed by atoms with van der Waals surface area (Å²) in [5.41, 5.74) is 0.968. The van der Waals surface area contributed by atoms with Crippen molar-refractivity contribution in [3.63, 3.8) is 0 Å². The molecule has 1 fully saturated rings. The maximum Gasteiger partial charge on any atom is 0.121 e. The molecule has 1 saturated carbocycles. The molecule has 0 spiro atoms. The Bertz CT molecular complexity index is 310. The van der Waals surface area contributed by atoms with Crippen LogP contribution in [0.5, 0.6) is 5.75 Å². The molecule has 2 nitrogen and oxygen atoms in total. The summed E-state index contributed by atoms with van der Waals surface area (Å²) in [7, 11) is 0. The summed E-state index contributed by atoms with van der Waals surface area (Å²) in [5, 5.41) is 12.9. The number of phenols is 1. The number of halogens is 1. The normalized spacial score (nSPS) is 16.1. The zero-order valence-electron chi connectivity index (χ0n) is 7.26. The molecule has 0 aromatic heterocycles. The van der Waals surface area contributed by atoms with E-state index in [4.69, 9.17) is 0 Å². The lowest BCUT2D eigenvalue weighted by atomic mass is 10.2. The van der Waals surface area contributed by atoms with Gasteiger partial charge >= 0.3 is 0 Å². The highest BCUT2D eigenvalue weighted by molar-refractivity contribution is 9.10. The van der Waals surface area contributed by atoms with Gasteiger partial charge in [-0.1, -0.05) is 22.0 Å². The van der Waals surface area contributed by atoms with Crippen LogP contribution in [-0.4, -0.2) is 11.1 Å². The van der Waals surface area contributed by atoms with E-state index in [2.05, 4.69) is 21.2 Å². The molecular formula is C10H12BrNO. The van der Waals surface area contributed by atoms with Gasteiger partial charge in [0.1, 0.15) is 5.75 Å². The molecule has 0 amide bonds. The van der Waals surface area contributed by atoms with Crippen molar-refractivity contribution in [1.29, 1.82) is 0 Å². The molecule has 3 heteroatoms. The van der Waals surface area contributed by atoms with E-state index in [9.17, 15) is 5.11 Å². The van der Waals surface area contributed by atoms with Crippen LogP contribution in [0.25, 0.3) is 0 Å². The van der Waals surface area contributed by atoms with Crippen molar-refractivity contribution in [2.24, 2.45) is 0 Å². The van der Waals surface area contributed by atoms with Gasteiger partial charge in [0, 0.05) is 22.6 Å². The number of phenolic OH excluding ortho intramolecular Hbond substituents is 1. The molecule has 0 bridgehead atoms. The van der Waals surface area contributed by atoms with Gasteiger partial charge in [-0.2, -0.15) is 0 Å². The Labute approximate surface area is 86.1 Å². The first-order valence-electron chi connectivity index (χ1n) is 4.46. The van der Waals surface area contributed by atoms with Crippen LogP contribution < -0.4 is 5.32 Å². The Morgan fingerprint density at radius 1 is 1.46 bits per heavy atom. The van der Waals surface area contributed by atoms with Crippen LogP contribution in [-0.2, 0) is 6.54 Å². The van der Waals surface area contributed by atoms with Crippen LogP contribution in [0.4, 0.5) is 0 Å². The van der Waals surface area contributed by atoms with Crippen LogP contribution in [0.15, 0.2) is 22.7 Å². The van der Waals surface area contributed by atoms with E-state index in [1.54, 1.807) is 6.07 Å². The van der Waals surface area contributed by atoms with E-state index in [0.29, 0.717) is 11.8 Å². The van der Waals surface area contributed by atoms with Gasteiger partial charge < -0.3 is 10.4 Å². The van der Waals surface area contributed by atoms with E-state index >= 15 is 0 Å². The lowest BCUT2D eigenvalue weighted by Crippen LogP contribution is -2.15. The predicted octanol–water partition coefficient (Wildman–Crippen LogP) is 2.41. The van der Waals surface area contributed by atoms with E-state index < -0.39 is 0 Å². The van der Waals surface area contributed by atoms with Crippen LogP contribution in [0.3, 0.4) is 0 Å². The fourth-order valence-electron chi connectivity index (χ4n) is 1.23. The second-order valence-corrected chi connectivity index (χ2v) is 4.34. The Hall–Kier alpha value is -0.540. The number of aromatic hydroxyl groups is 1. The Kier molecular flexibility index (Phi) is 2.56. The van der Waals surface area contributed by atoms with Crippen LogP contribution in [0.1, 0.15) is 18.4 Å². The monoisotopic (exact) mass is 241 g/mol. The molecule has 1 aromatic carbocycles. The van der Waals surface area contributed by atoms with Crippen molar-refractivity contribution in [3.8, 4) is 5.75 Å². The summed E-state index contributed by atoms with van der Waals surface area (Å²) < 4.78 is 0.917. The highest BCUT2D eigenvalue weighted by Crippen LogP contribution is 2.24. The first-order valence-corrected chi connectivity index (χ1v) is 5.26. The minimum Gasteiger partial charge on any atom is -0.508 e.